The fraction of sp³-hybridized carbons (Fsp3) is 0.833. The van der Waals surface area contributed by atoms with Crippen molar-refractivity contribution < 1.29 is 0 Å². The minimum Gasteiger partial charge on any atom is -0.142 e. The monoisotopic (exact) mass is 254 g/mol. The molecule has 1 heterocycles. The van der Waals surface area contributed by atoms with E-state index in [0.717, 1.165) is 16.2 Å². The first-order valence-corrected chi connectivity index (χ1v) is 7.28. The summed E-state index contributed by atoms with van der Waals surface area (Å²) in [5, 5.41) is 9.71. The molecule has 4 heteroatoms. The molecule has 1 aromatic heterocycles. The molecule has 0 spiro atoms. The Labute approximate surface area is 106 Å². The van der Waals surface area contributed by atoms with Gasteiger partial charge in [-0.25, -0.2) is 0 Å². The predicted molar refractivity (Wildman–Crippen MR) is 69.1 cm³/mol. The SMILES string of the molecule is CC1CCC2CC1(c1nnc(S)s1)C2(C)C. The number of hydrogen-bond donors (Lipinski definition) is 1. The summed E-state index contributed by atoms with van der Waals surface area (Å²) < 4.78 is 0.807. The topological polar surface area (TPSA) is 25.8 Å². The highest BCUT2D eigenvalue weighted by Gasteiger charge is 2.66. The Balaban J connectivity index is 2.09. The highest BCUT2D eigenvalue weighted by molar-refractivity contribution is 7.82. The van der Waals surface area contributed by atoms with Crippen LogP contribution in [0.3, 0.4) is 0 Å². The molecule has 0 radical (unpaired) electrons. The third-order valence-corrected chi connectivity index (χ3v) is 6.59. The van der Waals surface area contributed by atoms with Gasteiger partial charge in [0.2, 0.25) is 0 Å². The predicted octanol–water partition coefficient (Wildman–Crippen LogP) is 3.54. The summed E-state index contributed by atoms with van der Waals surface area (Å²) in [4.78, 5) is 0. The molecule has 0 aliphatic heterocycles. The van der Waals surface area contributed by atoms with E-state index in [1.54, 1.807) is 11.3 Å². The third kappa shape index (κ3) is 1.10. The molecule has 4 rings (SSSR count). The molecule has 2 bridgehead atoms. The van der Waals surface area contributed by atoms with E-state index < -0.39 is 0 Å². The third-order valence-electron chi connectivity index (χ3n) is 5.32. The van der Waals surface area contributed by atoms with Gasteiger partial charge in [0.1, 0.15) is 5.01 Å². The van der Waals surface area contributed by atoms with Gasteiger partial charge in [-0.05, 0) is 36.5 Å². The molecule has 0 amide bonds. The van der Waals surface area contributed by atoms with E-state index in [1.165, 1.54) is 24.3 Å². The average Bonchev–Trinajstić information content (AvgIpc) is 2.64. The molecular formula is C12H18N2S2. The van der Waals surface area contributed by atoms with E-state index in [1.807, 2.05) is 0 Å². The lowest BCUT2D eigenvalue weighted by atomic mass is 9.37. The van der Waals surface area contributed by atoms with Gasteiger partial charge < -0.3 is 0 Å². The molecule has 0 saturated heterocycles. The molecule has 2 nitrogen and oxygen atoms in total. The lowest BCUT2D eigenvalue weighted by Gasteiger charge is -2.67. The van der Waals surface area contributed by atoms with E-state index in [0.29, 0.717) is 5.41 Å². The fourth-order valence-corrected chi connectivity index (χ4v) is 5.48. The molecule has 3 unspecified atom stereocenters. The summed E-state index contributed by atoms with van der Waals surface area (Å²) in [7, 11) is 0. The zero-order valence-corrected chi connectivity index (χ0v) is 11.7. The van der Waals surface area contributed by atoms with Crippen LogP contribution in [0.4, 0.5) is 0 Å². The second-order valence-electron chi connectivity index (χ2n) is 5.96. The van der Waals surface area contributed by atoms with Crippen LogP contribution in [0.15, 0.2) is 4.34 Å². The van der Waals surface area contributed by atoms with E-state index in [2.05, 4.69) is 43.6 Å². The number of fused-ring (bicyclic) bond motifs is 2. The molecule has 16 heavy (non-hydrogen) atoms. The summed E-state index contributed by atoms with van der Waals surface area (Å²) in [5.41, 5.74) is 0.680. The lowest BCUT2D eigenvalue weighted by molar-refractivity contribution is -0.133. The van der Waals surface area contributed by atoms with E-state index in [9.17, 15) is 0 Å². The molecular weight excluding hydrogens is 236 g/mol. The van der Waals surface area contributed by atoms with E-state index in [4.69, 9.17) is 0 Å². The average molecular weight is 254 g/mol. The highest BCUT2D eigenvalue weighted by atomic mass is 32.2. The molecule has 3 saturated carbocycles. The molecule has 3 atom stereocenters. The maximum absolute atomic E-state index is 4.39. The lowest BCUT2D eigenvalue weighted by Crippen LogP contribution is -2.64. The molecule has 3 aliphatic carbocycles. The second-order valence-corrected chi connectivity index (χ2v) is 7.67. The van der Waals surface area contributed by atoms with Gasteiger partial charge in [-0.1, -0.05) is 32.1 Å². The molecule has 0 N–H and O–H groups in total. The highest BCUT2D eigenvalue weighted by Crippen LogP contribution is 2.70. The smallest absolute Gasteiger partial charge is 0.142 e. The van der Waals surface area contributed by atoms with Crippen LogP contribution < -0.4 is 0 Å². The number of thiol groups is 1. The van der Waals surface area contributed by atoms with Crippen molar-refractivity contribution >= 4 is 24.0 Å². The standard InChI is InChI=1S/C12H18N2S2/c1-7-4-5-8-6-12(7,11(8,2)3)9-13-14-10(15)16-9/h7-8H,4-6H2,1-3H3,(H,14,15). The summed E-state index contributed by atoms with van der Waals surface area (Å²) in [6.45, 7) is 7.21. The summed E-state index contributed by atoms with van der Waals surface area (Å²) >= 11 is 5.99. The van der Waals surface area contributed by atoms with E-state index >= 15 is 0 Å². The minimum absolute atomic E-state index is 0.286. The van der Waals surface area contributed by atoms with Crippen molar-refractivity contribution in [1.82, 2.24) is 10.2 Å². The Kier molecular flexibility index (Phi) is 2.22. The van der Waals surface area contributed by atoms with Crippen molar-refractivity contribution in [3.05, 3.63) is 5.01 Å². The van der Waals surface area contributed by atoms with Crippen LogP contribution in [0, 0.1) is 17.3 Å². The number of nitrogens with zero attached hydrogens (tertiary/aromatic N) is 2. The van der Waals surface area contributed by atoms with Crippen molar-refractivity contribution in [3.8, 4) is 0 Å². The second kappa shape index (κ2) is 3.22. The summed E-state index contributed by atoms with van der Waals surface area (Å²) in [6, 6.07) is 0. The Morgan fingerprint density at radius 1 is 1.31 bits per heavy atom. The molecule has 88 valence electrons. The Bertz CT molecular complexity index is 426. The van der Waals surface area contributed by atoms with Gasteiger partial charge in [-0.15, -0.1) is 22.8 Å². The van der Waals surface area contributed by atoms with Crippen molar-refractivity contribution in [1.29, 1.82) is 0 Å². The van der Waals surface area contributed by atoms with Gasteiger partial charge in [0.05, 0.1) is 0 Å². The van der Waals surface area contributed by atoms with Crippen LogP contribution in [-0.4, -0.2) is 10.2 Å². The first-order valence-electron chi connectivity index (χ1n) is 6.01. The summed E-state index contributed by atoms with van der Waals surface area (Å²) in [5.74, 6) is 1.61. The van der Waals surface area contributed by atoms with Crippen LogP contribution in [0.5, 0.6) is 0 Å². The van der Waals surface area contributed by atoms with Crippen LogP contribution in [0.1, 0.15) is 45.0 Å². The molecule has 1 aromatic rings. The minimum atomic E-state index is 0.286. The molecule has 3 aliphatic rings. The quantitative estimate of drug-likeness (QED) is 0.776. The van der Waals surface area contributed by atoms with Gasteiger partial charge in [-0.3, -0.25) is 0 Å². The van der Waals surface area contributed by atoms with Crippen LogP contribution in [0.25, 0.3) is 0 Å². The van der Waals surface area contributed by atoms with Gasteiger partial charge in [0.25, 0.3) is 0 Å². The van der Waals surface area contributed by atoms with E-state index in [-0.39, 0.29) is 5.41 Å². The van der Waals surface area contributed by atoms with Crippen LogP contribution in [0.2, 0.25) is 0 Å². The zero-order valence-electron chi connectivity index (χ0n) is 10.0. The maximum Gasteiger partial charge on any atom is 0.171 e. The first-order chi connectivity index (χ1) is 7.48. The summed E-state index contributed by atoms with van der Waals surface area (Å²) in [6.07, 6.45) is 4.04. The Morgan fingerprint density at radius 2 is 2.06 bits per heavy atom. The van der Waals surface area contributed by atoms with Crippen molar-refractivity contribution in [2.75, 3.05) is 0 Å². The largest absolute Gasteiger partial charge is 0.171 e. The number of hydrogen-bond acceptors (Lipinski definition) is 4. The molecule has 3 fully saturated rings. The van der Waals surface area contributed by atoms with Crippen molar-refractivity contribution in [2.45, 2.75) is 49.8 Å². The van der Waals surface area contributed by atoms with Gasteiger partial charge >= 0.3 is 0 Å². The van der Waals surface area contributed by atoms with Gasteiger partial charge in [-0.2, -0.15) is 0 Å². The number of rotatable bonds is 1. The maximum atomic E-state index is 4.39. The van der Waals surface area contributed by atoms with Crippen LogP contribution >= 0.6 is 24.0 Å². The first kappa shape index (κ1) is 11.0. The van der Waals surface area contributed by atoms with Gasteiger partial charge in [0, 0.05) is 5.41 Å². The van der Waals surface area contributed by atoms with Gasteiger partial charge in [0.15, 0.2) is 4.34 Å². The Morgan fingerprint density at radius 3 is 2.56 bits per heavy atom. The Hall–Kier alpha value is -0.0900. The van der Waals surface area contributed by atoms with Crippen molar-refractivity contribution in [3.63, 3.8) is 0 Å². The molecule has 0 aromatic carbocycles. The zero-order chi connectivity index (χ0) is 11.6. The van der Waals surface area contributed by atoms with Crippen molar-refractivity contribution in [2.24, 2.45) is 17.3 Å². The number of aromatic nitrogens is 2. The van der Waals surface area contributed by atoms with Crippen LogP contribution in [-0.2, 0) is 5.41 Å². The fourth-order valence-electron chi connectivity index (χ4n) is 4.11. The normalized spacial score (nSPS) is 40.5.